The molecule has 33 heavy (non-hydrogen) atoms. The quantitative estimate of drug-likeness (QED) is 0.561. The summed E-state index contributed by atoms with van der Waals surface area (Å²) in [4.78, 5) is 31.3. The molecular weight excluding hydrogens is 412 g/mol. The van der Waals surface area contributed by atoms with Gasteiger partial charge in [-0.15, -0.1) is 0 Å². The van der Waals surface area contributed by atoms with Crippen molar-refractivity contribution in [3.05, 3.63) is 64.9 Å². The molecule has 0 saturated carbocycles. The van der Waals surface area contributed by atoms with E-state index in [-0.39, 0.29) is 11.8 Å². The first-order valence-electron chi connectivity index (χ1n) is 12.0. The lowest BCUT2D eigenvalue weighted by Crippen LogP contribution is -2.42. The lowest BCUT2D eigenvalue weighted by atomic mass is 9.90. The van der Waals surface area contributed by atoms with Crippen molar-refractivity contribution in [1.29, 1.82) is 0 Å². The minimum absolute atomic E-state index is 0.262. The van der Waals surface area contributed by atoms with Crippen molar-refractivity contribution in [1.82, 2.24) is 4.90 Å². The van der Waals surface area contributed by atoms with E-state index in [4.69, 9.17) is 4.74 Å². The molecule has 1 saturated heterocycles. The second-order valence-electron chi connectivity index (χ2n) is 9.64. The Hall–Kier alpha value is -3.08. The third-order valence-corrected chi connectivity index (χ3v) is 6.61. The Kier molecular flexibility index (Phi) is 6.59. The van der Waals surface area contributed by atoms with Gasteiger partial charge in [0.1, 0.15) is 11.4 Å². The van der Waals surface area contributed by atoms with E-state index in [9.17, 15) is 9.59 Å². The van der Waals surface area contributed by atoms with Crippen LogP contribution < -0.4 is 9.64 Å². The zero-order chi connectivity index (χ0) is 23.7. The third kappa shape index (κ3) is 4.41. The summed E-state index contributed by atoms with van der Waals surface area (Å²) in [7, 11) is 0. The fourth-order valence-electron chi connectivity index (χ4n) is 5.01. The van der Waals surface area contributed by atoms with Crippen LogP contribution in [-0.2, 0) is 9.59 Å². The number of likely N-dealkylation sites (tertiary alicyclic amines) is 1. The molecular formula is C28H34N2O3. The Balaban J connectivity index is 1.84. The van der Waals surface area contributed by atoms with Gasteiger partial charge in [-0.2, -0.15) is 0 Å². The minimum atomic E-state index is -0.281. The molecule has 2 amide bonds. The zero-order valence-corrected chi connectivity index (χ0v) is 20.4. The third-order valence-electron chi connectivity index (χ3n) is 6.61. The standard InChI is InChI=1S/C28H34N2O3/c1-6-13-33-24-10-8-7-9-23(24)30-27(31)25(22-12-11-20(4)21(5)15-22)26(28(30)32)29-16-18(2)14-19(3)17-29/h7-12,15,18-19H,6,13-14,16-17H2,1-5H3. The van der Waals surface area contributed by atoms with Gasteiger partial charge in [-0.05, 0) is 67.3 Å². The summed E-state index contributed by atoms with van der Waals surface area (Å²) >= 11 is 0. The number of carbonyl (C=O) groups excluding carboxylic acids is 2. The molecule has 0 spiro atoms. The van der Waals surface area contributed by atoms with Crippen LogP contribution in [0.4, 0.5) is 5.69 Å². The number of aryl methyl sites for hydroxylation is 2. The van der Waals surface area contributed by atoms with Crippen molar-refractivity contribution in [2.24, 2.45) is 11.8 Å². The molecule has 2 aromatic rings. The number of hydrogen-bond acceptors (Lipinski definition) is 4. The first kappa shape index (κ1) is 23.1. The SMILES string of the molecule is CCCOc1ccccc1N1C(=O)C(c2ccc(C)c(C)c2)=C(N2CC(C)CC(C)C2)C1=O. The summed E-state index contributed by atoms with van der Waals surface area (Å²) in [5, 5.41) is 0. The monoisotopic (exact) mass is 446 g/mol. The summed E-state index contributed by atoms with van der Waals surface area (Å²) in [6, 6.07) is 13.3. The van der Waals surface area contributed by atoms with Crippen LogP contribution in [0.25, 0.3) is 5.57 Å². The fraction of sp³-hybridized carbons (Fsp3) is 0.429. The van der Waals surface area contributed by atoms with Crippen molar-refractivity contribution >= 4 is 23.1 Å². The average molecular weight is 447 g/mol. The smallest absolute Gasteiger partial charge is 0.282 e. The van der Waals surface area contributed by atoms with Crippen LogP contribution in [0.5, 0.6) is 5.75 Å². The van der Waals surface area contributed by atoms with E-state index >= 15 is 0 Å². The molecule has 174 valence electrons. The highest BCUT2D eigenvalue weighted by atomic mass is 16.5. The maximum absolute atomic E-state index is 13.9. The normalized spacial score (nSPS) is 21.2. The molecule has 0 aromatic heterocycles. The summed E-state index contributed by atoms with van der Waals surface area (Å²) in [5.41, 5.74) is 4.59. The largest absolute Gasteiger partial charge is 0.491 e. The minimum Gasteiger partial charge on any atom is -0.491 e. The lowest BCUT2D eigenvalue weighted by Gasteiger charge is -2.37. The molecule has 5 heteroatoms. The van der Waals surface area contributed by atoms with Crippen molar-refractivity contribution in [3.63, 3.8) is 0 Å². The van der Waals surface area contributed by atoms with Gasteiger partial charge in [0, 0.05) is 13.1 Å². The summed E-state index contributed by atoms with van der Waals surface area (Å²) in [5.74, 6) is 0.930. The molecule has 1 fully saturated rings. The number of piperidine rings is 1. The van der Waals surface area contributed by atoms with E-state index in [0.717, 1.165) is 42.6 Å². The fourth-order valence-corrected chi connectivity index (χ4v) is 5.01. The van der Waals surface area contributed by atoms with Gasteiger partial charge in [-0.25, -0.2) is 4.90 Å². The topological polar surface area (TPSA) is 49.9 Å². The van der Waals surface area contributed by atoms with E-state index in [0.29, 0.717) is 41.1 Å². The van der Waals surface area contributed by atoms with Crippen LogP contribution in [0.1, 0.15) is 50.3 Å². The van der Waals surface area contributed by atoms with Gasteiger partial charge >= 0.3 is 0 Å². The first-order valence-corrected chi connectivity index (χ1v) is 12.0. The van der Waals surface area contributed by atoms with Gasteiger partial charge in [0.05, 0.1) is 17.9 Å². The predicted molar refractivity (Wildman–Crippen MR) is 132 cm³/mol. The average Bonchev–Trinajstić information content (AvgIpc) is 3.03. The maximum atomic E-state index is 13.9. The molecule has 0 aliphatic carbocycles. The van der Waals surface area contributed by atoms with Crippen LogP contribution >= 0.6 is 0 Å². The Bertz CT molecular complexity index is 1090. The van der Waals surface area contributed by atoms with Crippen LogP contribution in [0.3, 0.4) is 0 Å². The molecule has 2 atom stereocenters. The van der Waals surface area contributed by atoms with Crippen LogP contribution in [0.2, 0.25) is 0 Å². The Morgan fingerprint density at radius 3 is 2.30 bits per heavy atom. The number of rotatable bonds is 6. The molecule has 0 bridgehead atoms. The molecule has 2 unspecified atom stereocenters. The Labute approximate surface area is 197 Å². The molecule has 2 aliphatic rings. The molecule has 0 N–H and O–H groups in total. The van der Waals surface area contributed by atoms with E-state index < -0.39 is 0 Å². The number of carbonyl (C=O) groups is 2. The van der Waals surface area contributed by atoms with Gasteiger partial charge in [0.25, 0.3) is 11.8 Å². The number of anilines is 1. The summed E-state index contributed by atoms with van der Waals surface area (Å²) in [6.45, 7) is 12.6. The van der Waals surface area contributed by atoms with Crippen LogP contribution in [0, 0.1) is 25.7 Å². The number of amides is 2. The van der Waals surface area contributed by atoms with E-state index in [1.807, 2.05) is 50.2 Å². The highest BCUT2D eigenvalue weighted by Gasteiger charge is 2.44. The molecule has 4 rings (SSSR count). The number of para-hydroxylation sites is 2. The number of nitrogens with zero attached hydrogens (tertiary/aromatic N) is 2. The molecule has 2 heterocycles. The number of hydrogen-bond donors (Lipinski definition) is 0. The summed E-state index contributed by atoms with van der Waals surface area (Å²) in [6.07, 6.45) is 1.97. The van der Waals surface area contributed by atoms with Crippen molar-refractivity contribution in [2.45, 2.75) is 47.5 Å². The first-order chi connectivity index (χ1) is 15.8. The molecule has 5 nitrogen and oxygen atoms in total. The van der Waals surface area contributed by atoms with Crippen LogP contribution in [0.15, 0.2) is 48.2 Å². The second kappa shape index (κ2) is 9.42. The van der Waals surface area contributed by atoms with E-state index in [1.165, 1.54) is 4.90 Å². The van der Waals surface area contributed by atoms with Crippen LogP contribution in [-0.4, -0.2) is 36.4 Å². The highest BCUT2D eigenvalue weighted by Crippen LogP contribution is 2.40. The number of ether oxygens (including phenoxy) is 1. The van der Waals surface area contributed by atoms with Gasteiger partial charge in [-0.3, -0.25) is 9.59 Å². The Morgan fingerprint density at radius 2 is 1.64 bits per heavy atom. The van der Waals surface area contributed by atoms with Crippen molar-refractivity contribution in [2.75, 3.05) is 24.6 Å². The Morgan fingerprint density at radius 1 is 0.939 bits per heavy atom. The molecule has 2 aromatic carbocycles. The predicted octanol–water partition coefficient (Wildman–Crippen LogP) is 5.35. The van der Waals surface area contributed by atoms with Crippen molar-refractivity contribution < 1.29 is 14.3 Å². The second-order valence-corrected chi connectivity index (χ2v) is 9.64. The maximum Gasteiger partial charge on any atom is 0.282 e. The van der Waals surface area contributed by atoms with E-state index in [1.54, 1.807) is 6.07 Å². The van der Waals surface area contributed by atoms with Gasteiger partial charge < -0.3 is 9.64 Å². The molecule has 2 aliphatic heterocycles. The van der Waals surface area contributed by atoms with Gasteiger partial charge in [-0.1, -0.05) is 51.1 Å². The number of benzene rings is 2. The lowest BCUT2D eigenvalue weighted by molar-refractivity contribution is -0.120. The zero-order valence-electron chi connectivity index (χ0n) is 20.4. The van der Waals surface area contributed by atoms with Gasteiger partial charge in [0.15, 0.2) is 0 Å². The van der Waals surface area contributed by atoms with Crippen molar-refractivity contribution in [3.8, 4) is 5.75 Å². The summed E-state index contributed by atoms with van der Waals surface area (Å²) < 4.78 is 5.91. The molecule has 0 radical (unpaired) electrons. The van der Waals surface area contributed by atoms with Gasteiger partial charge in [0.2, 0.25) is 0 Å². The highest BCUT2D eigenvalue weighted by molar-refractivity contribution is 6.45. The number of imide groups is 1. The van der Waals surface area contributed by atoms with E-state index in [2.05, 4.69) is 25.7 Å².